The molecule has 2 aliphatic heterocycles. The molecule has 0 radical (unpaired) electrons. The van der Waals surface area contributed by atoms with Crippen LogP contribution in [0.15, 0.2) is 278 Å². The number of nitrogens with one attached hydrogen (secondary N) is 5. The highest BCUT2D eigenvalue weighted by Crippen LogP contribution is 2.34. The number of carboxylic acids is 1. The van der Waals surface area contributed by atoms with E-state index in [0.717, 1.165) is 18.3 Å². The van der Waals surface area contributed by atoms with Gasteiger partial charge in [-0.25, -0.2) is 14.0 Å². The van der Waals surface area contributed by atoms with E-state index in [4.69, 9.17) is 59.4 Å². The van der Waals surface area contributed by atoms with Gasteiger partial charge in [-0.2, -0.15) is 0 Å². The normalized spacial score (nSPS) is 15.2. The minimum Gasteiger partial charge on any atom is -0.511 e. The van der Waals surface area contributed by atoms with Crippen molar-refractivity contribution in [3.63, 3.8) is 0 Å². The molecule has 30 nitrogen and oxygen atoms in total. The largest absolute Gasteiger partial charge is 0.511 e. The van der Waals surface area contributed by atoms with E-state index in [0.29, 0.717) is 16.9 Å². The van der Waals surface area contributed by atoms with Crippen molar-refractivity contribution in [2.24, 2.45) is 47.3 Å². The summed E-state index contributed by atoms with van der Waals surface area (Å²) in [7, 11) is 0. The molecule has 0 aliphatic carbocycles. The van der Waals surface area contributed by atoms with Gasteiger partial charge in [0.15, 0.2) is 11.4 Å². The number of amides is 5. The molecule has 5 amide bonds. The molecule has 0 bridgehead atoms. The Balaban J connectivity index is 0.00000185. The first-order chi connectivity index (χ1) is 76.9. The van der Waals surface area contributed by atoms with E-state index in [1.54, 1.807) is 178 Å². The number of anilines is 6. The van der Waals surface area contributed by atoms with Crippen molar-refractivity contribution >= 4 is 141 Å². The molecule has 2 atom stereocenters. The van der Waals surface area contributed by atoms with Crippen molar-refractivity contribution in [2.45, 2.75) is 195 Å². The number of ketones is 6. The number of benzene rings is 9. The Kier molecular flexibility index (Phi) is 42.8. The van der Waals surface area contributed by atoms with Gasteiger partial charge < -0.3 is 66.3 Å². The second-order valence-electron chi connectivity index (χ2n) is 31.6. The number of rotatable bonds is 27. The molecule has 0 aromatic heterocycles. The van der Waals surface area contributed by atoms with E-state index in [9.17, 15) is 91.0 Å². The Morgan fingerprint density at radius 1 is 0.451 bits per heavy atom. The fraction of sp³-hybridized carbons (Fsp3) is 0.333. The van der Waals surface area contributed by atoms with Crippen LogP contribution in [-0.2, 0) is 95.7 Å². The van der Waals surface area contributed by atoms with E-state index < -0.39 is 210 Å². The van der Waals surface area contributed by atoms with Crippen LogP contribution in [0.1, 0.15) is 244 Å². The number of aldehydes is 2. The van der Waals surface area contributed by atoms with Gasteiger partial charge in [-0.3, -0.25) is 71.9 Å². The maximum Gasteiger partial charge on any atom is 0.352 e. The molecule has 11 rings (SSSR count). The molecular weight excluding hydrogens is 1820 g/mol. The molecular formula is C111H137FN6O24. The summed E-state index contributed by atoms with van der Waals surface area (Å²) in [6.45, 7) is 24.5. The number of carbonyl (C=O) groups is 18. The minimum atomic E-state index is -3.12. The van der Waals surface area contributed by atoms with Crippen LogP contribution in [0.4, 0.5) is 38.5 Å². The molecule has 9 aromatic rings. The topological polar surface area (TPSA) is 471 Å². The number of esters is 4. The molecule has 0 saturated carbocycles. The number of ether oxygens (including phenoxy) is 4. The number of hydrogen-bond acceptors (Lipinski definition) is 24. The van der Waals surface area contributed by atoms with Gasteiger partial charge in [-0.1, -0.05) is 280 Å². The Bertz CT molecular complexity index is 6600. The molecule has 2 fully saturated rings. The molecule has 9 N–H and O–H groups in total. The molecule has 762 valence electrons. The monoisotopic (exact) mass is 1980 g/mol. The highest BCUT2D eigenvalue weighted by molar-refractivity contribution is 6.16. The fourth-order valence-corrected chi connectivity index (χ4v) is 9.93. The number of allylic oxidation sites excluding steroid dienone is 1. The number of carbonyl (C=O) groups excluding carboxylic acids is 17. The first kappa shape index (κ1) is 87.8. The summed E-state index contributed by atoms with van der Waals surface area (Å²) in [5, 5.41) is 29.6. The van der Waals surface area contributed by atoms with Crippen LogP contribution in [0.2, 0.25) is 0 Å². The van der Waals surface area contributed by atoms with Crippen molar-refractivity contribution in [1.29, 1.82) is 0 Å². The second-order valence-corrected chi connectivity index (χ2v) is 31.6. The summed E-state index contributed by atoms with van der Waals surface area (Å²) < 4.78 is 212. The lowest BCUT2D eigenvalue weighted by molar-refractivity contribution is -0.231. The standard InChI is InChI=1S/C26H24FNO3.4C12H15NO2.C10H14O5.C7H6O.C6H7N.C6H8O4.C4H8O.C2H4O2.C2H6/c1-17(2)24(29)23(26(31)28-21-11-7-4-8-12-21)22(18-9-5-3-6-10-18)25(30)19-13-15-20(27)16-14-19;4*1-9(2)11(14)8-12(15)13-10-6-4-3-5-7-10;1-5(2)7(11)6-8(12)14-10(3,4)15-9(6)13;8-6-7-4-2-1-3-5-7;7-6-4-2-1-3-5-6;1-6(2)9-4(7)3-5(8)10-6;1-4(2)3-5;1-2(3)4;1-2/h3-17,22-23H,1-2H3,(H,28,31);4*3-7,9H,8H2,1-2H3,(H,13,15);5,11H,1-4H3;1-6H;1-5H,7H2;3H2,1-2H3;3-4H,1-2H3;1H3,(H,3,4);1-2H3/i;3D,4D,5D,6D,7D;8D2,9D;;;;2*1D,2D,3D,4D,5D;;1D3,2D3,4D;;. The third-order valence-electron chi connectivity index (χ3n) is 16.8. The van der Waals surface area contributed by atoms with Gasteiger partial charge >= 0.3 is 23.9 Å². The minimum absolute atomic E-state index is 0.0385. The van der Waals surface area contributed by atoms with Gasteiger partial charge in [0.25, 0.3) is 17.5 Å². The van der Waals surface area contributed by atoms with E-state index in [2.05, 4.69) is 36.1 Å². The zero-order valence-electron chi connectivity index (χ0n) is 107. The first-order valence-electron chi connectivity index (χ1n) is 56.0. The number of hydrogen-bond donors (Lipinski definition) is 8. The van der Waals surface area contributed by atoms with Crippen molar-refractivity contribution in [3.8, 4) is 0 Å². The van der Waals surface area contributed by atoms with Crippen molar-refractivity contribution < 1.29 is 154 Å². The number of para-hydroxylation sites is 6. The molecule has 0 spiro atoms. The van der Waals surface area contributed by atoms with Crippen LogP contribution in [0, 0.1) is 53.1 Å². The van der Waals surface area contributed by atoms with Gasteiger partial charge in [0.05, 0.1) is 52.1 Å². The highest BCUT2D eigenvalue weighted by Gasteiger charge is 2.43. The average molecular weight is 1980 g/mol. The second kappa shape index (κ2) is 69.2. The maximum atomic E-state index is 13.5. The molecule has 9 aromatic carbocycles. The first-order valence-corrected chi connectivity index (χ1v) is 43.5. The molecule has 2 unspecified atom stereocenters. The van der Waals surface area contributed by atoms with Gasteiger partial charge in [0, 0.05) is 135 Å². The molecule has 2 heterocycles. The lowest BCUT2D eigenvalue weighted by Crippen LogP contribution is -2.42. The number of cyclic esters (lactones) is 4. The lowest BCUT2D eigenvalue weighted by Gasteiger charge is -2.30. The number of aliphatic carboxylic acids is 1. The van der Waals surface area contributed by atoms with E-state index in [1.807, 2.05) is 56.3 Å². The Labute approximate surface area is 866 Å². The summed E-state index contributed by atoms with van der Waals surface area (Å²) >= 11 is 0. The Hall–Kier alpha value is -15.7. The summed E-state index contributed by atoms with van der Waals surface area (Å²) in [5.74, 6) is -19.9. The summed E-state index contributed by atoms with van der Waals surface area (Å²) in [6.07, 6.45) is -3.57. The van der Waals surface area contributed by atoms with Gasteiger partial charge in [0.2, 0.25) is 29.5 Å². The number of nitrogen functional groups attached to an aromatic ring is 1. The number of aliphatic hydroxyl groups is 1. The number of Topliss-reactive ketones (excluding diaryl/α,β-unsaturated/α-hetero) is 6. The summed E-state index contributed by atoms with van der Waals surface area (Å²) in [5.41, 5.74) is 7.21. The molecule has 2 aliphatic rings. The smallest absolute Gasteiger partial charge is 0.352 e. The fourth-order valence-electron chi connectivity index (χ4n) is 9.93. The van der Waals surface area contributed by atoms with Crippen molar-refractivity contribution in [1.82, 2.24) is 0 Å². The Morgan fingerprint density at radius 2 is 0.782 bits per heavy atom. The molecule has 31 heteroatoms. The van der Waals surface area contributed by atoms with Gasteiger partial charge in [-0.15, -0.1) is 0 Å². The Morgan fingerprint density at radius 3 is 1.10 bits per heavy atom. The number of nitrogens with two attached hydrogens (primary N) is 1. The van der Waals surface area contributed by atoms with Gasteiger partial charge in [0.1, 0.15) is 65.4 Å². The lowest BCUT2D eigenvalue weighted by atomic mass is 9.75. The van der Waals surface area contributed by atoms with Crippen molar-refractivity contribution in [2.75, 3.05) is 32.3 Å². The van der Waals surface area contributed by atoms with Crippen LogP contribution in [-0.4, -0.2) is 128 Å². The van der Waals surface area contributed by atoms with E-state index in [1.165, 1.54) is 65.8 Å². The van der Waals surface area contributed by atoms with Crippen molar-refractivity contribution in [3.05, 3.63) is 300 Å². The predicted octanol–water partition coefficient (Wildman–Crippen LogP) is 20.5. The van der Waals surface area contributed by atoms with Crippen LogP contribution in [0.25, 0.3) is 0 Å². The van der Waals surface area contributed by atoms with Crippen LogP contribution >= 0.6 is 0 Å². The van der Waals surface area contributed by atoms with Crippen LogP contribution < -0.4 is 32.3 Å². The quantitative estimate of drug-likeness (QED) is 0.00346. The highest BCUT2D eigenvalue weighted by atomic mass is 19.1. The molecule has 142 heavy (non-hydrogen) atoms. The average Bonchev–Trinajstić information content (AvgIpc) is 0.784. The third kappa shape index (κ3) is 56.9. The molecule has 2 saturated heterocycles. The SMILES string of the molecule is CC.CC(=O)O.CC(C)C(=O)C(C(=O)Nc1ccccc1)C(C(=O)c1ccc(F)cc1)c1ccccc1.CC(C)C(=O)CC(=O)Nc1ccccc1.CC(C)C(=O)CC(=O)Nc1ccccc1.CC(C)C(O)=C1C(=O)OC(C)(C)OC1=O.CC1(C)OC(=O)CC(=O)O1.[2H]C(C)(C)C(=O)C([2H])([2H])C(=O)Nc1ccccc1.[2H]C([2H])([2H])C([2H])(C=O)C([2H])([2H])[2H].[2H]c1c([2H])c([2H])c(C=O)c([2H])c1[2H].[2H]c1c([2H])c([2H])c(N)c([2H])c1[2H].[2H]c1c([2H])c([2H])c(NC(=O)CC(=O)C(C)C)c([2H])c1[2H]. The maximum absolute atomic E-state index is 13.5. The van der Waals surface area contributed by atoms with Gasteiger partial charge in [-0.05, 0) is 103 Å². The zero-order chi connectivity index (χ0) is 129. The predicted molar refractivity (Wildman–Crippen MR) is 546 cm³/mol. The number of carboxylic acid groups (broad SMARTS) is 1. The van der Waals surface area contributed by atoms with Crippen LogP contribution in [0.3, 0.4) is 0 Å². The summed E-state index contributed by atoms with van der Waals surface area (Å²) in [6, 6.07) is 42.4. The van der Waals surface area contributed by atoms with Crippen LogP contribution in [0.5, 0.6) is 0 Å². The van der Waals surface area contributed by atoms with E-state index >= 15 is 0 Å². The number of halogens is 1. The summed E-state index contributed by atoms with van der Waals surface area (Å²) in [4.78, 5) is 206. The third-order valence-corrected chi connectivity index (χ3v) is 16.8. The van der Waals surface area contributed by atoms with E-state index in [-0.39, 0.29) is 137 Å². The number of aliphatic hydroxyl groups excluding tert-OH is 1. The zero-order valence-corrected chi connectivity index (χ0v) is 82.1.